The van der Waals surface area contributed by atoms with Gasteiger partial charge < -0.3 is 15.2 Å². The molecule has 0 saturated heterocycles. The molecule has 0 radical (unpaired) electrons. The summed E-state index contributed by atoms with van der Waals surface area (Å²) in [5, 5.41) is 15.1. The summed E-state index contributed by atoms with van der Waals surface area (Å²) in [7, 11) is 0. The van der Waals surface area contributed by atoms with Crippen molar-refractivity contribution in [2.45, 2.75) is 45.4 Å². The Morgan fingerprint density at radius 2 is 1.91 bits per heavy atom. The van der Waals surface area contributed by atoms with Gasteiger partial charge in [0.15, 0.2) is 11.0 Å². The smallest absolute Gasteiger partial charge is 0.251 e. The van der Waals surface area contributed by atoms with Gasteiger partial charge in [-0.1, -0.05) is 47.7 Å². The highest BCUT2D eigenvalue weighted by Crippen LogP contribution is 2.23. The minimum absolute atomic E-state index is 0.121. The lowest BCUT2D eigenvalue weighted by Crippen LogP contribution is -2.29. The minimum atomic E-state index is -0.372. The van der Waals surface area contributed by atoms with Gasteiger partial charge >= 0.3 is 0 Å². The van der Waals surface area contributed by atoms with E-state index < -0.39 is 0 Å². The number of carbonyl (C=O) groups excluding carboxylic acids is 2. The van der Waals surface area contributed by atoms with E-state index in [4.69, 9.17) is 0 Å². The molecule has 0 bridgehead atoms. The Balaban J connectivity index is 1.68. The summed E-state index contributed by atoms with van der Waals surface area (Å²) in [6, 6.07) is 12.9. The molecule has 0 unspecified atom stereocenters. The number of benzene rings is 2. The summed E-state index contributed by atoms with van der Waals surface area (Å²) >= 11 is 1.30. The van der Waals surface area contributed by atoms with Crippen LogP contribution in [0, 0.1) is 20.8 Å². The molecule has 0 fully saturated rings. The van der Waals surface area contributed by atoms with Crippen molar-refractivity contribution < 1.29 is 9.59 Å². The van der Waals surface area contributed by atoms with E-state index in [9.17, 15) is 9.59 Å². The zero-order valence-electron chi connectivity index (χ0n) is 19.4. The van der Waals surface area contributed by atoms with Gasteiger partial charge in [0.2, 0.25) is 5.91 Å². The normalized spacial score (nSPS) is 11.6. The van der Waals surface area contributed by atoms with Gasteiger partial charge in [-0.3, -0.25) is 9.59 Å². The van der Waals surface area contributed by atoms with Gasteiger partial charge in [0, 0.05) is 17.8 Å². The van der Waals surface area contributed by atoms with Crippen molar-refractivity contribution in [3.8, 4) is 0 Å². The number of carbonyl (C=O) groups is 2. The van der Waals surface area contributed by atoms with Gasteiger partial charge in [-0.2, -0.15) is 0 Å². The third-order valence-electron chi connectivity index (χ3n) is 5.28. The number of rotatable bonds is 9. The second-order valence-electron chi connectivity index (χ2n) is 7.89. The second-order valence-corrected chi connectivity index (χ2v) is 8.83. The van der Waals surface area contributed by atoms with Crippen molar-refractivity contribution in [2.75, 3.05) is 11.1 Å². The second kappa shape index (κ2) is 11.0. The molecule has 2 aromatic carbocycles. The highest BCUT2D eigenvalue weighted by molar-refractivity contribution is 7.99. The molecule has 172 valence electrons. The summed E-state index contributed by atoms with van der Waals surface area (Å²) in [5.41, 5.74) is 4.59. The van der Waals surface area contributed by atoms with Crippen molar-refractivity contribution in [1.82, 2.24) is 20.1 Å². The van der Waals surface area contributed by atoms with Gasteiger partial charge in [0.05, 0.1) is 11.8 Å². The molecule has 2 amide bonds. The number of hydrogen-bond donors (Lipinski definition) is 2. The lowest BCUT2D eigenvalue weighted by Gasteiger charge is -2.15. The molecule has 33 heavy (non-hydrogen) atoms. The Morgan fingerprint density at radius 3 is 2.64 bits per heavy atom. The fraction of sp³-hybridized carbons (Fsp3) is 0.280. The van der Waals surface area contributed by atoms with Crippen LogP contribution in [-0.4, -0.2) is 32.3 Å². The highest BCUT2D eigenvalue weighted by atomic mass is 32.2. The number of nitrogens with one attached hydrogen (secondary N) is 2. The minimum Gasteiger partial charge on any atom is -0.342 e. The zero-order valence-corrected chi connectivity index (χ0v) is 20.2. The van der Waals surface area contributed by atoms with Crippen LogP contribution in [0.1, 0.15) is 45.8 Å². The van der Waals surface area contributed by atoms with E-state index in [0.29, 0.717) is 23.1 Å². The van der Waals surface area contributed by atoms with E-state index in [1.165, 1.54) is 11.8 Å². The molecule has 0 aliphatic rings. The van der Waals surface area contributed by atoms with Crippen molar-refractivity contribution >= 4 is 29.3 Å². The van der Waals surface area contributed by atoms with Gasteiger partial charge in [-0.05, 0) is 57.0 Å². The first-order valence-electron chi connectivity index (χ1n) is 10.7. The fourth-order valence-corrected chi connectivity index (χ4v) is 4.12. The number of aryl methyl sites for hydroxylation is 2. The van der Waals surface area contributed by atoms with Crippen LogP contribution in [0.4, 0.5) is 5.69 Å². The van der Waals surface area contributed by atoms with Crippen LogP contribution < -0.4 is 10.6 Å². The molecule has 8 heteroatoms. The summed E-state index contributed by atoms with van der Waals surface area (Å²) in [6.07, 6.45) is 1.74. The number of nitrogens with zero attached hydrogens (tertiary/aromatic N) is 3. The molecule has 7 nitrogen and oxygen atoms in total. The van der Waals surface area contributed by atoms with E-state index in [1.54, 1.807) is 12.1 Å². The van der Waals surface area contributed by atoms with Gasteiger partial charge in [-0.25, -0.2) is 0 Å². The Bertz CT molecular complexity index is 1170. The van der Waals surface area contributed by atoms with Crippen LogP contribution in [0.15, 0.2) is 60.3 Å². The molecule has 3 rings (SSSR count). The summed E-state index contributed by atoms with van der Waals surface area (Å²) < 4.78 is 1.87. The zero-order chi connectivity index (χ0) is 24.0. The molecule has 0 saturated carbocycles. The number of thioether (sulfide) groups is 1. The molecule has 3 aromatic rings. The standard InChI is InChI=1S/C25H29N5O2S/c1-6-13-30-23(19(5)26-24(32)20-11-7-9-16(2)14-20)28-29-25(30)33-15-22(31)27-21-12-8-10-17(3)18(21)4/h6-12,14,19H,1,13,15H2,2-5H3,(H,26,32)(H,27,31)/t19-/m1/s1. The molecule has 1 heterocycles. The Labute approximate surface area is 198 Å². The fourth-order valence-electron chi connectivity index (χ4n) is 3.36. The molecule has 2 N–H and O–H groups in total. The summed E-state index contributed by atoms with van der Waals surface area (Å²) in [6.45, 7) is 12.1. The van der Waals surface area contributed by atoms with Gasteiger partial charge in [-0.15, -0.1) is 16.8 Å². The first-order chi connectivity index (χ1) is 15.8. The predicted octanol–water partition coefficient (Wildman–Crippen LogP) is 4.61. The molecule has 1 aromatic heterocycles. The predicted molar refractivity (Wildman–Crippen MR) is 133 cm³/mol. The average Bonchev–Trinajstić information content (AvgIpc) is 3.18. The number of anilines is 1. The average molecular weight is 464 g/mol. The van der Waals surface area contributed by atoms with Crippen LogP contribution in [0.3, 0.4) is 0 Å². The Kier molecular flexibility index (Phi) is 8.06. The van der Waals surface area contributed by atoms with Gasteiger partial charge in [0.25, 0.3) is 5.91 Å². The largest absolute Gasteiger partial charge is 0.342 e. The van der Waals surface area contributed by atoms with Gasteiger partial charge in [0.1, 0.15) is 0 Å². The van der Waals surface area contributed by atoms with E-state index in [0.717, 1.165) is 22.4 Å². The van der Waals surface area contributed by atoms with E-state index in [-0.39, 0.29) is 23.6 Å². The highest BCUT2D eigenvalue weighted by Gasteiger charge is 2.20. The SMILES string of the molecule is C=CCn1c(SCC(=O)Nc2cccc(C)c2C)nnc1[C@@H](C)NC(=O)c1cccc(C)c1. The summed E-state index contributed by atoms with van der Waals surface area (Å²) in [5.74, 6) is 0.492. The van der Waals surface area contributed by atoms with Crippen LogP contribution in [-0.2, 0) is 11.3 Å². The van der Waals surface area contributed by atoms with Crippen molar-refractivity contribution in [3.63, 3.8) is 0 Å². The van der Waals surface area contributed by atoms with E-state index >= 15 is 0 Å². The number of aromatic nitrogens is 3. The molecule has 0 aliphatic carbocycles. The number of hydrogen-bond acceptors (Lipinski definition) is 5. The summed E-state index contributed by atoms with van der Waals surface area (Å²) in [4.78, 5) is 25.2. The van der Waals surface area contributed by atoms with Crippen LogP contribution in [0.25, 0.3) is 0 Å². The van der Waals surface area contributed by atoms with Crippen molar-refractivity contribution in [2.24, 2.45) is 0 Å². The molecule has 0 aliphatic heterocycles. The van der Waals surface area contributed by atoms with Crippen molar-refractivity contribution in [3.05, 3.63) is 83.2 Å². The van der Waals surface area contributed by atoms with Crippen molar-refractivity contribution in [1.29, 1.82) is 0 Å². The molecule has 0 spiro atoms. The molecule has 1 atom stereocenters. The topological polar surface area (TPSA) is 88.9 Å². The first-order valence-corrected chi connectivity index (χ1v) is 11.7. The molecular formula is C25H29N5O2S. The quantitative estimate of drug-likeness (QED) is 0.357. The lowest BCUT2D eigenvalue weighted by atomic mass is 10.1. The van der Waals surface area contributed by atoms with E-state index in [1.807, 2.05) is 68.7 Å². The lowest BCUT2D eigenvalue weighted by molar-refractivity contribution is -0.113. The van der Waals surface area contributed by atoms with Crippen LogP contribution >= 0.6 is 11.8 Å². The monoisotopic (exact) mass is 463 g/mol. The first kappa shape index (κ1) is 24.3. The maximum atomic E-state index is 12.6. The maximum absolute atomic E-state index is 12.6. The van der Waals surface area contributed by atoms with E-state index in [2.05, 4.69) is 27.4 Å². The molecular weight excluding hydrogens is 434 g/mol. The number of allylic oxidation sites excluding steroid dienone is 1. The third kappa shape index (κ3) is 6.10. The Hall–Kier alpha value is -3.39. The number of amides is 2. The van der Waals surface area contributed by atoms with Crippen LogP contribution in [0.5, 0.6) is 0 Å². The maximum Gasteiger partial charge on any atom is 0.251 e. The Morgan fingerprint density at radius 1 is 1.15 bits per heavy atom. The van der Waals surface area contributed by atoms with Crippen LogP contribution in [0.2, 0.25) is 0 Å². The third-order valence-corrected chi connectivity index (χ3v) is 6.25.